The molecule has 4 heteroatoms. The second-order valence-corrected chi connectivity index (χ2v) is 6.13. The molecule has 0 atom stereocenters. The van der Waals surface area contributed by atoms with E-state index in [1.807, 2.05) is 49.4 Å². The van der Waals surface area contributed by atoms with Crippen molar-refractivity contribution >= 4 is 17.4 Å². The van der Waals surface area contributed by atoms with Gasteiger partial charge in [-0.25, -0.2) is 4.39 Å². The number of aliphatic hydroxyl groups is 1. The van der Waals surface area contributed by atoms with E-state index in [9.17, 15) is 9.50 Å². The summed E-state index contributed by atoms with van der Waals surface area (Å²) in [6.07, 6.45) is 3.43. The fraction of sp³-hybridized carbons (Fsp3) is 0.0455. The summed E-state index contributed by atoms with van der Waals surface area (Å²) in [7, 11) is 0. The maximum Gasteiger partial charge on any atom is 0.125 e. The Hall–Kier alpha value is -3.40. The normalized spacial score (nSPS) is 11.8. The molecule has 3 nitrogen and oxygen atoms in total. The van der Waals surface area contributed by atoms with Crippen molar-refractivity contribution in [1.29, 1.82) is 0 Å². The number of rotatable bonds is 3. The van der Waals surface area contributed by atoms with Crippen molar-refractivity contribution in [3.8, 4) is 11.3 Å². The summed E-state index contributed by atoms with van der Waals surface area (Å²) in [5.74, 6) is -0.0993. The lowest BCUT2D eigenvalue weighted by molar-refractivity contribution is 0.515. The first kappa shape index (κ1) is 16.1. The first-order valence-electron chi connectivity index (χ1n) is 8.32. The van der Waals surface area contributed by atoms with E-state index < -0.39 is 0 Å². The summed E-state index contributed by atoms with van der Waals surface area (Å²) in [6.45, 7) is 1.97. The summed E-state index contributed by atoms with van der Waals surface area (Å²) in [5, 5.41) is 10.4. The lowest BCUT2D eigenvalue weighted by Gasteiger charge is -2.09. The lowest BCUT2D eigenvalue weighted by Crippen LogP contribution is -1.98. The predicted octanol–water partition coefficient (Wildman–Crippen LogP) is 5.50. The molecule has 0 aliphatic rings. The highest BCUT2D eigenvalue weighted by molar-refractivity contribution is 5.82. The molecule has 2 aromatic heterocycles. The van der Waals surface area contributed by atoms with Gasteiger partial charge in [0.15, 0.2) is 0 Å². The first-order chi connectivity index (χ1) is 12.6. The minimum atomic E-state index is -0.260. The highest BCUT2D eigenvalue weighted by Crippen LogP contribution is 2.27. The van der Waals surface area contributed by atoms with Crippen molar-refractivity contribution < 1.29 is 9.50 Å². The lowest BCUT2D eigenvalue weighted by atomic mass is 10.1. The SMILES string of the molecule is Cc1cnc(/C=C(\O)c2ccccc2)c2ccc(-c3ccc(F)cc3)n12. The Morgan fingerprint density at radius 3 is 2.46 bits per heavy atom. The van der Waals surface area contributed by atoms with Gasteiger partial charge in [-0.05, 0) is 48.9 Å². The molecule has 4 aromatic rings. The van der Waals surface area contributed by atoms with Gasteiger partial charge < -0.3 is 9.51 Å². The fourth-order valence-electron chi connectivity index (χ4n) is 3.08. The zero-order valence-electron chi connectivity index (χ0n) is 14.2. The summed E-state index contributed by atoms with van der Waals surface area (Å²) in [4.78, 5) is 4.48. The Kier molecular flexibility index (Phi) is 4.01. The highest BCUT2D eigenvalue weighted by atomic mass is 19.1. The van der Waals surface area contributed by atoms with Crippen LogP contribution in [0.4, 0.5) is 4.39 Å². The van der Waals surface area contributed by atoms with Gasteiger partial charge in [0.1, 0.15) is 11.6 Å². The zero-order chi connectivity index (χ0) is 18.1. The molecular formula is C22H17FN2O. The Labute approximate surface area is 150 Å². The van der Waals surface area contributed by atoms with Crippen LogP contribution < -0.4 is 0 Å². The largest absolute Gasteiger partial charge is 0.507 e. The molecule has 128 valence electrons. The van der Waals surface area contributed by atoms with Crippen LogP contribution in [0, 0.1) is 12.7 Å². The van der Waals surface area contributed by atoms with Crippen molar-refractivity contribution in [3.05, 3.63) is 95.7 Å². The predicted molar refractivity (Wildman–Crippen MR) is 102 cm³/mol. The number of hydrogen-bond acceptors (Lipinski definition) is 2. The number of fused-ring (bicyclic) bond motifs is 1. The van der Waals surface area contributed by atoms with E-state index in [1.165, 1.54) is 12.1 Å². The number of hydrogen-bond donors (Lipinski definition) is 1. The molecular weight excluding hydrogens is 327 g/mol. The number of nitrogens with zero attached hydrogens (tertiary/aromatic N) is 2. The van der Waals surface area contributed by atoms with Gasteiger partial charge in [0.05, 0.1) is 16.9 Å². The number of benzene rings is 2. The topological polar surface area (TPSA) is 37.5 Å². The smallest absolute Gasteiger partial charge is 0.125 e. The third-order valence-electron chi connectivity index (χ3n) is 4.37. The van der Waals surface area contributed by atoms with Gasteiger partial charge in [-0.1, -0.05) is 30.3 Å². The van der Waals surface area contributed by atoms with Crippen molar-refractivity contribution in [1.82, 2.24) is 9.38 Å². The van der Waals surface area contributed by atoms with Crippen LogP contribution in [0.5, 0.6) is 0 Å². The molecule has 0 saturated carbocycles. The molecule has 0 spiro atoms. The van der Waals surface area contributed by atoms with E-state index >= 15 is 0 Å². The Balaban J connectivity index is 1.86. The van der Waals surface area contributed by atoms with Crippen LogP contribution in [-0.2, 0) is 0 Å². The van der Waals surface area contributed by atoms with Gasteiger partial charge in [-0.2, -0.15) is 0 Å². The molecule has 0 unspecified atom stereocenters. The molecule has 1 N–H and O–H groups in total. The third kappa shape index (κ3) is 2.86. The summed E-state index contributed by atoms with van der Waals surface area (Å²) < 4.78 is 15.3. The van der Waals surface area contributed by atoms with Crippen LogP contribution in [0.1, 0.15) is 17.0 Å². The van der Waals surface area contributed by atoms with Gasteiger partial charge in [0.2, 0.25) is 0 Å². The monoisotopic (exact) mass is 344 g/mol. The maximum absolute atomic E-state index is 13.2. The van der Waals surface area contributed by atoms with Crippen LogP contribution >= 0.6 is 0 Å². The van der Waals surface area contributed by atoms with Gasteiger partial charge in [0.25, 0.3) is 0 Å². The summed E-state index contributed by atoms with van der Waals surface area (Å²) in [5.41, 5.74) is 5.12. The number of halogens is 1. The van der Waals surface area contributed by atoms with Gasteiger partial charge in [-0.3, -0.25) is 4.98 Å². The molecule has 0 aliphatic heterocycles. The van der Waals surface area contributed by atoms with Crippen molar-refractivity contribution in [2.45, 2.75) is 6.92 Å². The van der Waals surface area contributed by atoms with Gasteiger partial charge >= 0.3 is 0 Å². The fourth-order valence-corrected chi connectivity index (χ4v) is 3.08. The summed E-state index contributed by atoms with van der Waals surface area (Å²) >= 11 is 0. The number of aromatic nitrogens is 2. The Bertz CT molecular complexity index is 1100. The van der Waals surface area contributed by atoms with Crippen molar-refractivity contribution in [3.63, 3.8) is 0 Å². The molecule has 4 rings (SSSR count). The van der Waals surface area contributed by atoms with Gasteiger partial charge in [0, 0.05) is 23.5 Å². The van der Waals surface area contributed by atoms with Crippen molar-refractivity contribution in [2.75, 3.05) is 0 Å². The van der Waals surface area contributed by atoms with Crippen LogP contribution in [0.3, 0.4) is 0 Å². The quantitative estimate of drug-likeness (QED) is 0.498. The average molecular weight is 344 g/mol. The zero-order valence-corrected chi connectivity index (χ0v) is 14.2. The van der Waals surface area contributed by atoms with E-state index in [1.54, 1.807) is 24.4 Å². The minimum Gasteiger partial charge on any atom is -0.507 e. The summed E-state index contributed by atoms with van der Waals surface area (Å²) in [6, 6.07) is 19.7. The van der Waals surface area contributed by atoms with Crippen LogP contribution in [0.2, 0.25) is 0 Å². The third-order valence-corrected chi connectivity index (χ3v) is 4.37. The van der Waals surface area contributed by atoms with Gasteiger partial charge in [-0.15, -0.1) is 0 Å². The standard InChI is InChI=1S/C22H17FN2O/c1-15-14-24-19(13-22(26)17-5-3-2-4-6-17)21-12-11-20(25(15)21)16-7-9-18(23)10-8-16/h2-14,26H,1H3/b22-13-. The molecule has 2 aromatic carbocycles. The molecule has 26 heavy (non-hydrogen) atoms. The van der Waals surface area contributed by atoms with E-state index in [4.69, 9.17) is 0 Å². The van der Waals surface area contributed by atoms with Crippen LogP contribution in [0.25, 0.3) is 28.6 Å². The molecule has 0 bridgehead atoms. The van der Waals surface area contributed by atoms with E-state index in [2.05, 4.69) is 9.38 Å². The Morgan fingerprint density at radius 2 is 1.73 bits per heavy atom. The second-order valence-electron chi connectivity index (χ2n) is 6.13. The van der Waals surface area contributed by atoms with E-state index in [-0.39, 0.29) is 11.6 Å². The van der Waals surface area contributed by atoms with E-state index in [0.717, 1.165) is 28.0 Å². The molecule has 0 saturated heterocycles. The molecule has 0 radical (unpaired) electrons. The van der Waals surface area contributed by atoms with Crippen molar-refractivity contribution in [2.24, 2.45) is 0 Å². The van der Waals surface area contributed by atoms with Crippen LogP contribution in [0.15, 0.2) is 72.9 Å². The molecule has 0 fully saturated rings. The first-order valence-corrected chi connectivity index (χ1v) is 8.32. The van der Waals surface area contributed by atoms with Crippen LogP contribution in [-0.4, -0.2) is 14.5 Å². The Morgan fingerprint density at radius 1 is 1.00 bits per heavy atom. The molecule has 0 amide bonds. The number of aryl methyl sites for hydroxylation is 1. The average Bonchev–Trinajstić information content (AvgIpc) is 3.11. The number of aliphatic hydroxyl groups excluding tert-OH is 1. The highest BCUT2D eigenvalue weighted by Gasteiger charge is 2.11. The molecule has 2 heterocycles. The molecule has 0 aliphatic carbocycles. The van der Waals surface area contributed by atoms with E-state index in [0.29, 0.717) is 5.69 Å². The maximum atomic E-state index is 13.2. The second kappa shape index (κ2) is 6.48. The minimum absolute atomic E-state index is 0.161.